The van der Waals surface area contributed by atoms with Crippen LogP contribution in [0.1, 0.15) is 61.8 Å². The number of nitrogens with zero attached hydrogens (tertiary/aromatic N) is 4. The number of aromatic nitrogens is 1. The molecule has 0 saturated carbocycles. The highest BCUT2D eigenvalue weighted by atomic mass is 32.2. The van der Waals surface area contributed by atoms with Crippen LogP contribution in [0.5, 0.6) is 11.5 Å². The lowest BCUT2D eigenvalue weighted by atomic mass is 9.96. The van der Waals surface area contributed by atoms with Crippen LogP contribution < -0.4 is 19.9 Å². The number of carbonyl (C=O) groups excluding carboxylic acids is 2. The maximum atomic E-state index is 13.7. The third-order valence-corrected chi connectivity index (χ3v) is 9.23. The van der Waals surface area contributed by atoms with Gasteiger partial charge in [-0.25, -0.2) is 0 Å². The van der Waals surface area contributed by atoms with Crippen LogP contribution in [0.2, 0.25) is 0 Å². The van der Waals surface area contributed by atoms with E-state index in [0.717, 1.165) is 24.8 Å². The highest BCUT2D eigenvalue weighted by Crippen LogP contribution is 2.39. The van der Waals surface area contributed by atoms with Crippen LogP contribution in [0.25, 0.3) is 6.08 Å². The third kappa shape index (κ3) is 6.15. The molecule has 3 aliphatic heterocycles. The number of anilines is 1. The molecule has 0 aliphatic carbocycles. The number of piperidine rings is 1. The summed E-state index contributed by atoms with van der Waals surface area (Å²) in [5, 5.41) is 10.00. The Morgan fingerprint density at radius 2 is 2.05 bits per heavy atom. The maximum Gasteiger partial charge on any atom is 0.310 e. The Bertz CT molecular complexity index is 1590. The molecule has 1 atom stereocenters. The van der Waals surface area contributed by atoms with E-state index in [1.807, 2.05) is 30.0 Å². The molecule has 43 heavy (non-hydrogen) atoms. The second-order valence-electron chi connectivity index (χ2n) is 10.7. The Morgan fingerprint density at radius 3 is 2.79 bits per heavy atom. The Kier molecular flexibility index (Phi) is 9.42. The van der Waals surface area contributed by atoms with Crippen LogP contribution in [0, 0.1) is 24.2 Å². The summed E-state index contributed by atoms with van der Waals surface area (Å²) in [7, 11) is 0. The van der Waals surface area contributed by atoms with Gasteiger partial charge in [-0.1, -0.05) is 43.4 Å². The first-order chi connectivity index (χ1) is 20.8. The van der Waals surface area contributed by atoms with Crippen molar-refractivity contribution >= 4 is 52.1 Å². The van der Waals surface area contributed by atoms with Gasteiger partial charge < -0.3 is 19.1 Å². The Balaban J connectivity index is 1.56. The molecule has 12 heteroatoms. The van der Waals surface area contributed by atoms with Crippen LogP contribution in [0.3, 0.4) is 0 Å². The minimum absolute atomic E-state index is 0.0425. The van der Waals surface area contributed by atoms with Gasteiger partial charge in [-0.3, -0.25) is 23.9 Å². The summed E-state index contributed by atoms with van der Waals surface area (Å²) < 4.78 is 18.3. The maximum absolute atomic E-state index is 13.7. The molecule has 0 bridgehead atoms. The van der Waals surface area contributed by atoms with Crippen molar-refractivity contribution in [3.8, 4) is 17.6 Å². The molecule has 2 aromatic rings. The van der Waals surface area contributed by atoms with Crippen LogP contribution in [0.15, 0.2) is 27.9 Å². The number of benzene rings is 1. The van der Waals surface area contributed by atoms with Gasteiger partial charge in [0.1, 0.15) is 21.8 Å². The number of ether oxygens (including phenoxy) is 3. The number of pyridine rings is 1. The number of rotatable bonds is 9. The summed E-state index contributed by atoms with van der Waals surface area (Å²) in [6.07, 6.45) is 4.76. The van der Waals surface area contributed by atoms with E-state index in [2.05, 4.69) is 6.07 Å². The molecule has 1 aromatic carbocycles. The van der Waals surface area contributed by atoms with Crippen LogP contribution in [-0.2, 0) is 27.4 Å². The molecule has 226 valence electrons. The average Bonchev–Trinajstić information content (AvgIpc) is 3.57. The lowest BCUT2D eigenvalue weighted by molar-refractivity contribution is -0.148. The van der Waals surface area contributed by atoms with Crippen molar-refractivity contribution in [3.05, 3.63) is 55.7 Å². The Morgan fingerprint density at radius 1 is 1.26 bits per heavy atom. The van der Waals surface area contributed by atoms with Crippen molar-refractivity contribution in [2.24, 2.45) is 5.92 Å². The standard InChI is InChI=1S/C31H34N4O6S2/c1-4-6-12-34-27(33-11-7-8-21(17-33)30(38)39-5-2)22(19(3)23(15-32)28(34)36)14-26-29(37)35(31(42)43-26)16-20-9-10-24-25(13-20)41-18-40-24/h9-10,13-14,21H,4-8,11-12,16-18H2,1-3H3. The van der Waals surface area contributed by atoms with Gasteiger partial charge in [0.15, 0.2) is 11.5 Å². The van der Waals surface area contributed by atoms with Gasteiger partial charge in [-0.2, -0.15) is 5.26 Å². The molecule has 0 N–H and O–H groups in total. The van der Waals surface area contributed by atoms with E-state index in [1.165, 1.54) is 16.7 Å². The quantitative estimate of drug-likeness (QED) is 0.221. The van der Waals surface area contributed by atoms with E-state index in [9.17, 15) is 19.6 Å². The van der Waals surface area contributed by atoms with Gasteiger partial charge >= 0.3 is 5.97 Å². The number of thioether (sulfide) groups is 1. The third-order valence-electron chi connectivity index (χ3n) is 7.85. The Labute approximate surface area is 260 Å². The van der Waals surface area contributed by atoms with E-state index in [1.54, 1.807) is 24.5 Å². The summed E-state index contributed by atoms with van der Waals surface area (Å²) in [5.74, 6) is 1.04. The fourth-order valence-electron chi connectivity index (χ4n) is 5.62. The summed E-state index contributed by atoms with van der Waals surface area (Å²) >= 11 is 6.81. The van der Waals surface area contributed by atoms with Gasteiger partial charge in [0, 0.05) is 25.2 Å². The second-order valence-corrected chi connectivity index (χ2v) is 12.3. The molecule has 1 unspecified atom stereocenters. The van der Waals surface area contributed by atoms with Crippen molar-refractivity contribution in [1.82, 2.24) is 9.47 Å². The molecule has 3 aliphatic rings. The monoisotopic (exact) mass is 622 g/mol. The molecule has 1 amide bonds. The van der Waals surface area contributed by atoms with Crippen LogP contribution in [-0.4, -0.2) is 52.2 Å². The Hall–Kier alpha value is -3.82. The van der Waals surface area contributed by atoms with Gasteiger partial charge in [-0.05, 0) is 62.4 Å². The number of unbranched alkanes of at least 4 members (excludes halogenated alkanes) is 1. The number of amides is 1. The minimum atomic E-state index is -0.366. The molecule has 1 aromatic heterocycles. The number of esters is 1. The molecule has 4 heterocycles. The molecule has 10 nitrogen and oxygen atoms in total. The van der Waals surface area contributed by atoms with Crippen molar-refractivity contribution in [3.63, 3.8) is 0 Å². The molecule has 0 spiro atoms. The number of hydrogen-bond acceptors (Lipinski definition) is 10. The fourth-order valence-corrected chi connectivity index (χ4v) is 6.86. The van der Waals surface area contributed by atoms with E-state index >= 15 is 0 Å². The summed E-state index contributed by atoms with van der Waals surface area (Å²) in [4.78, 5) is 44.0. The first kappa shape index (κ1) is 30.6. The highest BCUT2D eigenvalue weighted by Gasteiger charge is 2.35. The summed E-state index contributed by atoms with van der Waals surface area (Å²) in [6, 6.07) is 7.62. The molecule has 0 radical (unpaired) electrons. The normalized spacial score (nSPS) is 18.8. The van der Waals surface area contributed by atoms with Crippen molar-refractivity contribution in [2.75, 3.05) is 31.4 Å². The number of carbonyl (C=O) groups is 2. The lowest BCUT2D eigenvalue weighted by Crippen LogP contribution is -2.43. The topological polar surface area (TPSA) is 114 Å². The molecular formula is C31H34N4O6S2. The predicted octanol–water partition coefficient (Wildman–Crippen LogP) is 4.74. The van der Waals surface area contributed by atoms with Crippen LogP contribution >= 0.6 is 24.0 Å². The SMILES string of the molecule is CCCCn1c(N2CCCC(C(=O)OCC)C2)c(C=C2SC(=S)N(Cc3ccc4c(c3)OCO4)C2=O)c(C)c(C#N)c1=O. The highest BCUT2D eigenvalue weighted by molar-refractivity contribution is 8.26. The first-order valence-corrected chi connectivity index (χ1v) is 15.7. The predicted molar refractivity (Wildman–Crippen MR) is 168 cm³/mol. The van der Waals surface area contributed by atoms with Crippen molar-refractivity contribution in [2.45, 2.75) is 59.5 Å². The first-order valence-electron chi connectivity index (χ1n) is 14.5. The lowest BCUT2D eigenvalue weighted by Gasteiger charge is -2.36. The molecule has 2 fully saturated rings. The van der Waals surface area contributed by atoms with E-state index in [0.29, 0.717) is 70.3 Å². The molecule has 2 saturated heterocycles. The number of thiocarbonyl (C=S) groups is 1. The zero-order valence-electron chi connectivity index (χ0n) is 24.5. The van der Waals surface area contributed by atoms with E-state index in [4.69, 9.17) is 26.4 Å². The van der Waals surface area contributed by atoms with E-state index < -0.39 is 0 Å². The van der Waals surface area contributed by atoms with Gasteiger partial charge in [0.05, 0.1) is 24.0 Å². The largest absolute Gasteiger partial charge is 0.466 e. The summed E-state index contributed by atoms with van der Waals surface area (Å²) in [6.45, 7) is 7.68. The smallest absolute Gasteiger partial charge is 0.310 e. The van der Waals surface area contributed by atoms with Crippen molar-refractivity contribution in [1.29, 1.82) is 5.26 Å². The van der Waals surface area contributed by atoms with Crippen molar-refractivity contribution < 1.29 is 23.8 Å². The fraction of sp³-hybridized carbons (Fsp3) is 0.452. The molecule has 5 rings (SSSR count). The zero-order chi connectivity index (χ0) is 30.7. The number of fused-ring (bicyclic) bond motifs is 1. The van der Waals surface area contributed by atoms with Gasteiger partial charge in [-0.15, -0.1) is 0 Å². The number of nitriles is 1. The molecular weight excluding hydrogens is 588 g/mol. The summed E-state index contributed by atoms with van der Waals surface area (Å²) in [5.41, 5.74) is 1.63. The minimum Gasteiger partial charge on any atom is -0.466 e. The van der Waals surface area contributed by atoms with Gasteiger partial charge in [0.25, 0.3) is 11.5 Å². The second kappa shape index (κ2) is 13.2. The average molecular weight is 623 g/mol. The number of hydrogen-bond donors (Lipinski definition) is 0. The van der Waals surface area contributed by atoms with Gasteiger partial charge in [0.2, 0.25) is 6.79 Å². The van der Waals surface area contributed by atoms with E-state index in [-0.39, 0.29) is 42.3 Å². The van der Waals surface area contributed by atoms with Crippen LogP contribution in [0.4, 0.5) is 5.82 Å². The zero-order valence-corrected chi connectivity index (χ0v) is 26.1.